The molecule has 28 heavy (non-hydrogen) atoms. The minimum atomic E-state index is -1.10. The topological polar surface area (TPSA) is 98.5 Å². The van der Waals surface area contributed by atoms with Gasteiger partial charge in [-0.15, -0.1) is 0 Å². The van der Waals surface area contributed by atoms with E-state index in [2.05, 4.69) is 5.32 Å². The van der Waals surface area contributed by atoms with Gasteiger partial charge in [-0.05, 0) is 24.4 Å². The third-order valence-electron chi connectivity index (χ3n) is 4.08. The number of nitrogens with zero attached hydrogens (tertiary/aromatic N) is 1. The number of carbonyl (C=O) groups excluding carboxylic acids is 2. The monoisotopic (exact) mass is 398 g/mol. The highest BCUT2D eigenvalue weighted by Crippen LogP contribution is 2.25. The SMILES string of the molecule is CC(OC(=O)c1ccc([N+](=O)[O-])cc1Cl)C(=O)Nc1cccc2ccccc12. The molecule has 7 nitrogen and oxygen atoms in total. The van der Waals surface area contributed by atoms with Gasteiger partial charge in [-0.1, -0.05) is 48.0 Å². The predicted molar refractivity (Wildman–Crippen MR) is 106 cm³/mol. The van der Waals surface area contributed by atoms with Gasteiger partial charge in [0.1, 0.15) is 0 Å². The van der Waals surface area contributed by atoms with Crippen LogP contribution in [-0.2, 0) is 9.53 Å². The Morgan fingerprint density at radius 3 is 2.54 bits per heavy atom. The molecule has 0 fully saturated rings. The number of halogens is 1. The van der Waals surface area contributed by atoms with Gasteiger partial charge in [0.05, 0.1) is 15.5 Å². The fraction of sp³-hybridized carbons (Fsp3) is 0.100. The second kappa shape index (κ2) is 8.06. The zero-order valence-electron chi connectivity index (χ0n) is 14.7. The molecule has 0 bridgehead atoms. The summed E-state index contributed by atoms with van der Waals surface area (Å²) in [5.41, 5.74) is 0.291. The Balaban J connectivity index is 1.72. The number of esters is 1. The van der Waals surface area contributed by atoms with Gasteiger partial charge in [-0.25, -0.2) is 4.79 Å². The van der Waals surface area contributed by atoms with Gasteiger partial charge in [0.2, 0.25) is 0 Å². The van der Waals surface area contributed by atoms with Gasteiger partial charge in [0, 0.05) is 23.2 Å². The number of ether oxygens (including phenoxy) is 1. The molecule has 3 aromatic rings. The summed E-state index contributed by atoms with van der Waals surface area (Å²) in [6.07, 6.45) is -1.10. The standard InChI is InChI=1S/C20H15ClN2O5/c1-12(28-20(25)16-10-9-14(23(26)27)11-17(16)21)19(24)22-18-8-4-6-13-5-2-3-7-15(13)18/h2-12H,1H3,(H,22,24). The number of benzene rings is 3. The lowest BCUT2D eigenvalue weighted by atomic mass is 10.1. The van der Waals surface area contributed by atoms with E-state index in [1.54, 1.807) is 6.07 Å². The van der Waals surface area contributed by atoms with Crippen LogP contribution < -0.4 is 5.32 Å². The molecule has 0 saturated heterocycles. The molecule has 0 spiro atoms. The highest BCUT2D eigenvalue weighted by Gasteiger charge is 2.22. The van der Waals surface area contributed by atoms with Crippen LogP contribution in [0.25, 0.3) is 10.8 Å². The summed E-state index contributed by atoms with van der Waals surface area (Å²) >= 11 is 5.92. The first-order valence-corrected chi connectivity index (χ1v) is 8.68. The van der Waals surface area contributed by atoms with Crippen LogP contribution in [0.3, 0.4) is 0 Å². The largest absolute Gasteiger partial charge is 0.449 e. The Hall–Kier alpha value is -3.45. The smallest absolute Gasteiger partial charge is 0.340 e. The van der Waals surface area contributed by atoms with Gasteiger partial charge >= 0.3 is 5.97 Å². The maximum atomic E-state index is 12.4. The minimum Gasteiger partial charge on any atom is -0.449 e. The molecule has 3 rings (SSSR count). The Morgan fingerprint density at radius 2 is 1.82 bits per heavy atom. The number of hydrogen-bond donors (Lipinski definition) is 1. The molecular formula is C20H15ClN2O5. The van der Waals surface area contributed by atoms with Crippen molar-refractivity contribution in [2.24, 2.45) is 0 Å². The van der Waals surface area contributed by atoms with Crippen LogP contribution in [0.5, 0.6) is 0 Å². The molecule has 3 aromatic carbocycles. The number of amides is 1. The van der Waals surface area contributed by atoms with Gasteiger partial charge in [-0.2, -0.15) is 0 Å². The molecule has 0 aliphatic carbocycles. The van der Waals surface area contributed by atoms with E-state index in [4.69, 9.17) is 16.3 Å². The number of nitro groups is 1. The number of nitrogens with one attached hydrogen (secondary N) is 1. The summed E-state index contributed by atoms with van der Waals surface area (Å²) in [7, 11) is 0. The Bertz CT molecular complexity index is 1080. The summed E-state index contributed by atoms with van der Waals surface area (Å²) in [6.45, 7) is 1.43. The quantitative estimate of drug-likeness (QED) is 0.385. The van der Waals surface area contributed by atoms with Crippen LogP contribution in [-0.4, -0.2) is 22.9 Å². The molecule has 142 valence electrons. The normalized spacial score (nSPS) is 11.6. The van der Waals surface area contributed by atoms with Gasteiger partial charge < -0.3 is 10.1 Å². The van der Waals surface area contributed by atoms with Crippen molar-refractivity contribution in [3.05, 3.63) is 81.4 Å². The van der Waals surface area contributed by atoms with Crippen LogP contribution in [0.2, 0.25) is 5.02 Å². The molecule has 0 heterocycles. The zero-order chi connectivity index (χ0) is 20.3. The van der Waals surface area contributed by atoms with Crippen LogP contribution in [0.4, 0.5) is 11.4 Å². The minimum absolute atomic E-state index is 0.0583. The number of rotatable bonds is 5. The van der Waals surface area contributed by atoms with E-state index in [1.807, 2.05) is 36.4 Å². The van der Waals surface area contributed by atoms with E-state index in [0.717, 1.165) is 22.9 Å². The number of anilines is 1. The molecule has 1 amide bonds. The average Bonchev–Trinajstić information content (AvgIpc) is 2.67. The third kappa shape index (κ3) is 4.10. The highest BCUT2D eigenvalue weighted by atomic mass is 35.5. The average molecular weight is 399 g/mol. The molecule has 1 N–H and O–H groups in total. The van der Waals surface area contributed by atoms with E-state index in [-0.39, 0.29) is 16.3 Å². The lowest BCUT2D eigenvalue weighted by molar-refractivity contribution is -0.384. The molecule has 8 heteroatoms. The first-order valence-electron chi connectivity index (χ1n) is 8.30. The van der Waals surface area contributed by atoms with Crippen LogP contribution in [0.1, 0.15) is 17.3 Å². The summed E-state index contributed by atoms with van der Waals surface area (Å²) in [6, 6.07) is 16.4. The van der Waals surface area contributed by atoms with E-state index in [0.29, 0.717) is 5.69 Å². The lowest BCUT2D eigenvalue weighted by Gasteiger charge is -2.15. The van der Waals surface area contributed by atoms with Gasteiger partial charge in [-0.3, -0.25) is 14.9 Å². The van der Waals surface area contributed by atoms with Gasteiger partial charge in [0.25, 0.3) is 11.6 Å². The number of nitro benzene ring substituents is 1. The van der Waals surface area contributed by atoms with Crippen LogP contribution in [0.15, 0.2) is 60.7 Å². The fourth-order valence-electron chi connectivity index (χ4n) is 2.63. The van der Waals surface area contributed by atoms with Crippen LogP contribution in [0, 0.1) is 10.1 Å². The molecular weight excluding hydrogens is 384 g/mol. The Kier molecular flexibility index (Phi) is 5.56. The van der Waals surface area contributed by atoms with Crippen molar-refractivity contribution in [2.75, 3.05) is 5.32 Å². The van der Waals surface area contributed by atoms with Crippen molar-refractivity contribution in [3.8, 4) is 0 Å². The highest BCUT2D eigenvalue weighted by molar-refractivity contribution is 6.33. The maximum Gasteiger partial charge on any atom is 0.340 e. The van der Waals surface area contributed by atoms with Crippen molar-refractivity contribution in [3.63, 3.8) is 0 Å². The molecule has 0 radical (unpaired) electrons. The Labute approximate surface area is 165 Å². The second-order valence-electron chi connectivity index (χ2n) is 5.98. The summed E-state index contributed by atoms with van der Waals surface area (Å²) in [5.74, 6) is -1.36. The summed E-state index contributed by atoms with van der Waals surface area (Å²) in [4.78, 5) is 34.8. The first-order chi connectivity index (χ1) is 13.4. The third-order valence-corrected chi connectivity index (χ3v) is 4.40. The zero-order valence-corrected chi connectivity index (χ0v) is 15.5. The molecule has 0 saturated carbocycles. The molecule has 0 aliphatic rings. The number of non-ortho nitro benzene ring substituents is 1. The number of carbonyl (C=O) groups is 2. The fourth-order valence-corrected chi connectivity index (χ4v) is 2.88. The van der Waals surface area contributed by atoms with Crippen molar-refractivity contribution in [1.29, 1.82) is 0 Å². The van der Waals surface area contributed by atoms with E-state index < -0.39 is 22.9 Å². The number of hydrogen-bond acceptors (Lipinski definition) is 5. The predicted octanol–water partition coefficient (Wildman–Crippen LogP) is 4.59. The lowest BCUT2D eigenvalue weighted by Crippen LogP contribution is -2.30. The Morgan fingerprint density at radius 1 is 1.11 bits per heavy atom. The first kappa shape index (κ1) is 19.3. The number of fused-ring (bicyclic) bond motifs is 1. The molecule has 0 aromatic heterocycles. The van der Waals surface area contributed by atoms with E-state index in [1.165, 1.54) is 13.0 Å². The molecule has 0 aliphatic heterocycles. The van der Waals surface area contributed by atoms with Gasteiger partial charge in [0.15, 0.2) is 6.10 Å². The van der Waals surface area contributed by atoms with Crippen LogP contribution >= 0.6 is 11.6 Å². The van der Waals surface area contributed by atoms with E-state index >= 15 is 0 Å². The second-order valence-corrected chi connectivity index (χ2v) is 6.39. The van der Waals surface area contributed by atoms with Crippen molar-refractivity contribution >= 4 is 45.6 Å². The van der Waals surface area contributed by atoms with E-state index in [9.17, 15) is 19.7 Å². The van der Waals surface area contributed by atoms with Crippen molar-refractivity contribution in [2.45, 2.75) is 13.0 Å². The maximum absolute atomic E-state index is 12.4. The summed E-state index contributed by atoms with van der Waals surface area (Å²) < 4.78 is 5.16. The molecule has 1 unspecified atom stereocenters. The van der Waals surface area contributed by atoms with Crippen molar-refractivity contribution in [1.82, 2.24) is 0 Å². The summed E-state index contributed by atoms with van der Waals surface area (Å²) in [5, 5.41) is 15.2. The molecule has 1 atom stereocenters. The van der Waals surface area contributed by atoms with Crippen molar-refractivity contribution < 1.29 is 19.2 Å².